The number of nitriles is 1. The Labute approximate surface area is 137 Å². The van der Waals surface area contributed by atoms with Gasteiger partial charge in [-0.2, -0.15) is 10.2 Å². The third kappa shape index (κ3) is 2.84. The van der Waals surface area contributed by atoms with Crippen LogP contribution in [-0.2, 0) is 9.84 Å². The number of aromatic nitrogens is 1. The predicted octanol–water partition coefficient (Wildman–Crippen LogP) is 3.70. The van der Waals surface area contributed by atoms with Crippen molar-refractivity contribution in [2.75, 3.05) is 0 Å². The van der Waals surface area contributed by atoms with Gasteiger partial charge in [0.15, 0.2) is 5.69 Å². The van der Waals surface area contributed by atoms with E-state index in [-0.39, 0.29) is 16.5 Å². The van der Waals surface area contributed by atoms with E-state index < -0.39 is 14.9 Å². The molecule has 3 rings (SSSR count). The highest BCUT2D eigenvalue weighted by molar-refractivity contribution is 7.91. The van der Waals surface area contributed by atoms with E-state index in [9.17, 15) is 13.7 Å². The molecule has 0 spiro atoms. The van der Waals surface area contributed by atoms with Crippen molar-refractivity contribution in [1.82, 2.24) is 4.98 Å². The van der Waals surface area contributed by atoms with Gasteiger partial charge >= 0.3 is 0 Å². The van der Waals surface area contributed by atoms with E-state index in [1.165, 1.54) is 12.1 Å². The van der Waals surface area contributed by atoms with Crippen molar-refractivity contribution in [2.45, 2.75) is 9.99 Å². The van der Waals surface area contributed by atoms with Crippen LogP contribution in [-0.4, -0.2) is 13.4 Å². The third-order valence-corrected chi connectivity index (χ3v) is 5.00. The van der Waals surface area contributed by atoms with E-state index in [2.05, 4.69) is 4.98 Å². The summed E-state index contributed by atoms with van der Waals surface area (Å²) in [6, 6.07) is 16.0. The number of nitrogens with zero attached hydrogens (tertiary/aromatic N) is 2. The summed E-state index contributed by atoms with van der Waals surface area (Å²) in [6.45, 7) is 0. The Morgan fingerprint density at radius 1 is 1.04 bits per heavy atom. The van der Waals surface area contributed by atoms with E-state index in [1.54, 1.807) is 48.5 Å². The molecule has 1 aromatic heterocycles. The van der Waals surface area contributed by atoms with Crippen LogP contribution in [0.25, 0.3) is 11.5 Å². The number of sulfone groups is 1. The summed E-state index contributed by atoms with van der Waals surface area (Å²) in [5.74, 6) is 0.0488. The highest BCUT2D eigenvalue weighted by Gasteiger charge is 2.28. The lowest BCUT2D eigenvalue weighted by molar-refractivity contribution is 0.457. The lowest BCUT2D eigenvalue weighted by atomic mass is 10.2. The summed E-state index contributed by atoms with van der Waals surface area (Å²) < 4.78 is 30.6. The van der Waals surface area contributed by atoms with Gasteiger partial charge in [-0.25, -0.2) is 8.42 Å². The van der Waals surface area contributed by atoms with Crippen LogP contribution in [0.3, 0.4) is 0 Å². The van der Waals surface area contributed by atoms with Crippen LogP contribution >= 0.6 is 11.6 Å². The zero-order chi connectivity index (χ0) is 16.4. The van der Waals surface area contributed by atoms with Crippen molar-refractivity contribution < 1.29 is 12.8 Å². The third-order valence-electron chi connectivity index (χ3n) is 3.09. The van der Waals surface area contributed by atoms with Gasteiger partial charge < -0.3 is 4.42 Å². The molecule has 114 valence electrons. The summed E-state index contributed by atoms with van der Waals surface area (Å²) >= 11 is 5.82. The fraction of sp³-hybridized carbons (Fsp3) is 0. The van der Waals surface area contributed by atoms with Gasteiger partial charge in [0.05, 0.1) is 4.90 Å². The Morgan fingerprint density at radius 3 is 2.30 bits per heavy atom. The van der Waals surface area contributed by atoms with Gasteiger partial charge in [-0.15, -0.1) is 0 Å². The van der Waals surface area contributed by atoms with Gasteiger partial charge in [0.2, 0.25) is 15.7 Å². The lowest BCUT2D eigenvalue weighted by Crippen LogP contribution is -2.02. The first-order valence-electron chi connectivity index (χ1n) is 6.49. The number of hydrogen-bond donors (Lipinski definition) is 0. The molecule has 3 aromatic rings. The van der Waals surface area contributed by atoms with E-state index in [1.807, 2.05) is 0 Å². The number of benzene rings is 2. The fourth-order valence-corrected chi connectivity index (χ4v) is 3.37. The minimum atomic E-state index is -3.95. The van der Waals surface area contributed by atoms with E-state index in [4.69, 9.17) is 16.0 Å². The fourth-order valence-electron chi connectivity index (χ4n) is 1.98. The molecule has 0 aliphatic heterocycles. The summed E-state index contributed by atoms with van der Waals surface area (Å²) in [7, 11) is -3.95. The normalized spacial score (nSPS) is 11.1. The van der Waals surface area contributed by atoms with Crippen LogP contribution in [0.5, 0.6) is 0 Å². The van der Waals surface area contributed by atoms with Crippen LogP contribution in [0.1, 0.15) is 5.69 Å². The molecule has 0 radical (unpaired) electrons. The molecular formula is C16H9ClN2O3S. The van der Waals surface area contributed by atoms with Crippen molar-refractivity contribution in [3.05, 3.63) is 65.3 Å². The van der Waals surface area contributed by atoms with Crippen LogP contribution < -0.4 is 0 Å². The molecule has 1 heterocycles. The minimum Gasteiger partial charge on any atom is -0.423 e. The maximum atomic E-state index is 12.6. The molecular weight excluding hydrogens is 336 g/mol. The second-order valence-corrected chi connectivity index (χ2v) is 6.88. The van der Waals surface area contributed by atoms with E-state index in [0.29, 0.717) is 10.6 Å². The average molecular weight is 345 g/mol. The van der Waals surface area contributed by atoms with Crippen LogP contribution in [0.4, 0.5) is 0 Å². The predicted molar refractivity (Wildman–Crippen MR) is 83.6 cm³/mol. The molecule has 23 heavy (non-hydrogen) atoms. The molecule has 0 amide bonds. The van der Waals surface area contributed by atoms with Crippen molar-refractivity contribution >= 4 is 21.4 Å². The molecule has 0 fully saturated rings. The topological polar surface area (TPSA) is 84.0 Å². The largest absolute Gasteiger partial charge is 0.423 e. The molecule has 0 bridgehead atoms. The van der Waals surface area contributed by atoms with Gasteiger partial charge in [0.1, 0.15) is 6.07 Å². The molecule has 0 N–H and O–H groups in total. The zero-order valence-corrected chi connectivity index (χ0v) is 13.2. The number of hydrogen-bond acceptors (Lipinski definition) is 5. The van der Waals surface area contributed by atoms with Gasteiger partial charge in [-0.05, 0) is 36.4 Å². The number of rotatable bonds is 3. The van der Waals surface area contributed by atoms with Gasteiger partial charge in [-0.1, -0.05) is 29.8 Å². The molecule has 0 saturated heterocycles. The summed E-state index contributed by atoms with van der Waals surface area (Å²) in [6.07, 6.45) is 0. The molecule has 0 aliphatic rings. The van der Waals surface area contributed by atoms with Crippen molar-refractivity contribution in [3.63, 3.8) is 0 Å². The van der Waals surface area contributed by atoms with Gasteiger partial charge in [0.25, 0.3) is 5.09 Å². The lowest BCUT2D eigenvalue weighted by Gasteiger charge is -2.00. The summed E-state index contributed by atoms with van der Waals surface area (Å²) in [4.78, 5) is 4.01. The molecule has 2 aromatic carbocycles. The molecule has 0 unspecified atom stereocenters. The van der Waals surface area contributed by atoms with Crippen molar-refractivity contribution in [1.29, 1.82) is 5.26 Å². The maximum Gasteiger partial charge on any atom is 0.261 e. The summed E-state index contributed by atoms with van der Waals surface area (Å²) in [5, 5.41) is 9.24. The van der Waals surface area contributed by atoms with Crippen LogP contribution in [0.15, 0.2) is 69.0 Å². The van der Waals surface area contributed by atoms with E-state index >= 15 is 0 Å². The molecule has 0 atom stereocenters. The Hall–Kier alpha value is -2.62. The maximum absolute atomic E-state index is 12.6. The first-order chi connectivity index (χ1) is 11.0. The van der Waals surface area contributed by atoms with Crippen molar-refractivity contribution in [3.8, 4) is 17.5 Å². The average Bonchev–Trinajstić information content (AvgIpc) is 3.01. The Bertz CT molecular complexity index is 988. The quantitative estimate of drug-likeness (QED) is 0.723. The highest BCUT2D eigenvalue weighted by Crippen LogP contribution is 2.29. The second-order valence-electron chi connectivity index (χ2n) is 4.59. The first kappa shape index (κ1) is 15.3. The second kappa shape index (κ2) is 5.88. The Balaban J connectivity index is 2.14. The minimum absolute atomic E-state index is 0.0373. The van der Waals surface area contributed by atoms with Crippen molar-refractivity contribution in [2.24, 2.45) is 0 Å². The van der Waals surface area contributed by atoms with Crippen LogP contribution in [0.2, 0.25) is 5.02 Å². The molecule has 0 aliphatic carbocycles. The monoisotopic (exact) mass is 344 g/mol. The first-order valence-corrected chi connectivity index (χ1v) is 8.35. The van der Waals surface area contributed by atoms with Gasteiger partial charge in [0, 0.05) is 10.6 Å². The standard InChI is InChI=1S/C16H9ClN2O3S/c17-12-8-6-11(7-9-12)15-19-14(10-18)16(22-15)23(20,21)13-4-2-1-3-5-13/h1-9H. The zero-order valence-electron chi connectivity index (χ0n) is 11.6. The summed E-state index contributed by atoms with van der Waals surface area (Å²) in [5.41, 5.74) is 0.249. The van der Waals surface area contributed by atoms with E-state index in [0.717, 1.165) is 0 Å². The SMILES string of the molecule is N#Cc1nc(-c2ccc(Cl)cc2)oc1S(=O)(=O)c1ccccc1. The molecule has 7 heteroatoms. The smallest absolute Gasteiger partial charge is 0.261 e. The molecule has 5 nitrogen and oxygen atoms in total. The Morgan fingerprint density at radius 2 is 1.70 bits per heavy atom. The van der Waals surface area contributed by atoms with Crippen LogP contribution in [0, 0.1) is 11.3 Å². The number of oxazole rings is 1. The number of halogens is 1. The van der Waals surface area contributed by atoms with Gasteiger partial charge in [-0.3, -0.25) is 0 Å². The highest BCUT2D eigenvalue weighted by atomic mass is 35.5. The Kier molecular flexibility index (Phi) is 3.90. The molecule has 0 saturated carbocycles.